The van der Waals surface area contributed by atoms with Gasteiger partial charge in [-0.3, -0.25) is 9.69 Å². The first kappa shape index (κ1) is 15.0. The van der Waals surface area contributed by atoms with Gasteiger partial charge in [0.25, 0.3) is 5.91 Å². The summed E-state index contributed by atoms with van der Waals surface area (Å²) in [6, 6.07) is 6.78. The second kappa shape index (κ2) is 6.09. The average molecular weight is 351 g/mol. The van der Waals surface area contributed by atoms with Gasteiger partial charge in [-0.25, -0.2) is 0 Å². The Balaban J connectivity index is 1.78. The first-order chi connectivity index (χ1) is 10.1. The van der Waals surface area contributed by atoms with Gasteiger partial charge in [-0.2, -0.15) is 0 Å². The van der Waals surface area contributed by atoms with Crippen molar-refractivity contribution in [1.29, 1.82) is 0 Å². The smallest absolute Gasteiger partial charge is 0.254 e. The minimum atomic E-state index is 0.174. The summed E-state index contributed by atoms with van der Waals surface area (Å²) < 4.78 is 1.01. The number of fused-ring (bicyclic) bond motifs is 1. The summed E-state index contributed by atoms with van der Waals surface area (Å²) >= 11 is 3.53. The van der Waals surface area contributed by atoms with Gasteiger partial charge in [0.15, 0.2) is 0 Å². The highest BCUT2D eigenvalue weighted by Gasteiger charge is 2.35. The van der Waals surface area contributed by atoms with E-state index < -0.39 is 0 Å². The molecular weight excluding hydrogens is 328 g/mol. The fourth-order valence-corrected chi connectivity index (χ4v) is 3.91. The number of piperazine rings is 1. The van der Waals surface area contributed by atoms with Gasteiger partial charge in [-0.15, -0.1) is 0 Å². The monoisotopic (exact) mass is 350 g/mol. The van der Waals surface area contributed by atoms with Gasteiger partial charge in [-0.1, -0.05) is 28.4 Å². The van der Waals surface area contributed by atoms with Crippen LogP contribution in [0.25, 0.3) is 0 Å². The molecule has 2 unspecified atom stereocenters. The Kier molecular flexibility index (Phi) is 4.36. The van der Waals surface area contributed by atoms with Crippen molar-refractivity contribution in [3.63, 3.8) is 0 Å². The van der Waals surface area contributed by atoms with Gasteiger partial charge in [0.2, 0.25) is 0 Å². The number of carbonyl (C=O) groups is 1. The molecule has 0 bridgehead atoms. The molecule has 21 heavy (non-hydrogen) atoms. The van der Waals surface area contributed by atoms with Crippen LogP contribution in [0.2, 0.25) is 0 Å². The predicted molar refractivity (Wildman–Crippen MR) is 88.6 cm³/mol. The molecule has 1 aromatic carbocycles. The van der Waals surface area contributed by atoms with Crippen LogP contribution in [-0.4, -0.2) is 47.4 Å². The molecule has 4 heteroatoms. The quantitative estimate of drug-likeness (QED) is 0.774. The fraction of sp³-hybridized carbons (Fsp3) is 0.588. The number of hydrogen-bond acceptors (Lipinski definition) is 2. The minimum Gasteiger partial charge on any atom is -0.333 e. The van der Waals surface area contributed by atoms with Crippen molar-refractivity contribution < 1.29 is 4.79 Å². The first-order valence-corrected chi connectivity index (χ1v) is 8.66. The number of rotatable bonds is 1. The average Bonchev–Trinajstić information content (AvgIpc) is 2.48. The highest BCUT2D eigenvalue weighted by molar-refractivity contribution is 9.10. The molecule has 2 heterocycles. The van der Waals surface area contributed by atoms with Crippen LogP contribution in [0.3, 0.4) is 0 Å². The van der Waals surface area contributed by atoms with Crippen molar-refractivity contribution in [3.05, 3.63) is 33.8 Å². The zero-order valence-electron chi connectivity index (χ0n) is 12.8. The molecule has 0 aromatic heterocycles. The van der Waals surface area contributed by atoms with Crippen molar-refractivity contribution in [3.8, 4) is 0 Å². The molecule has 2 fully saturated rings. The molecule has 0 aliphatic carbocycles. The van der Waals surface area contributed by atoms with E-state index >= 15 is 0 Å². The van der Waals surface area contributed by atoms with Gasteiger partial charge in [0.1, 0.15) is 0 Å². The van der Waals surface area contributed by atoms with Crippen LogP contribution in [0.4, 0.5) is 0 Å². The van der Waals surface area contributed by atoms with Crippen molar-refractivity contribution in [2.75, 3.05) is 19.6 Å². The maximum Gasteiger partial charge on any atom is 0.254 e. The maximum absolute atomic E-state index is 12.8. The largest absolute Gasteiger partial charge is 0.333 e. The summed E-state index contributed by atoms with van der Waals surface area (Å²) in [4.78, 5) is 17.5. The summed E-state index contributed by atoms with van der Waals surface area (Å²) in [5, 5.41) is 0. The predicted octanol–water partition coefficient (Wildman–Crippen LogP) is 3.46. The molecule has 3 nitrogen and oxygen atoms in total. The first-order valence-electron chi connectivity index (χ1n) is 7.87. The molecule has 114 valence electrons. The van der Waals surface area contributed by atoms with Crippen LogP contribution < -0.4 is 0 Å². The van der Waals surface area contributed by atoms with Crippen molar-refractivity contribution in [2.45, 2.75) is 45.2 Å². The Morgan fingerprint density at radius 1 is 1.29 bits per heavy atom. The molecule has 2 saturated heterocycles. The summed E-state index contributed by atoms with van der Waals surface area (Å²) in [5.74, 6) is 0.174. The lowest BCUT2D eigenvalue weighted by atomic mass is 9.96. The zero-order valence-corrected chi connectivity index (χ0v) is 14.4. The molecule has 1 amide bonds. The van der Waals surface area contributed by atoms with Crippen LogP contribution in [0, 0.1) is 6.92 Å². The number of carbonyl (C=O) groups excluding carboxylic acids is 1. The van der Waals surface area contributed by atoms with Crippen LogP contribution in [-0.2, 0) is 0 Å². The van der Waals surface area contributed by atoms with Gasteiger partial charge in [0.05, 0.1) is 0 Å². The van der Waals surface area contributed by atoms with E-state index in [1.54, 1.807) is 0 Å². The number of halogens is 1. The third-order valence-corrected chi connectivity index (χ3v) is 5.72. The Morgan fingerprint density at radius 3 is 2.86 bits per heavy atom. The molecule has 1 aromatic rings. The summed E-state index contributed by atoms with van der Waals surface area (Å²) in [7, 11) is 0. The number of nitrogens with zero attached hydrogens (tertiary/aromatic N) is 2. The Morgan fingerprint density at radius 2 is 2.10 bits per heavy atom. The van der Waals surface area contributed by atoms with Crippen LogP contribution >= 0.6 is 15.9 Å². The summed E-state index contributed by atoms with van der Waals surface area (Å²) in [5.41, 5.74) is 1.96. The molecule has 2 aliphatic rings. The molecule has 0 saturated carbocycles. The van der Waals surface area contributed by atoms with Crippen LogP contribution in [0.5, 0.6) is 0 Å². The summed E-state index contributed by atoms with van der Waals surface area (Å²) in [6.07, 6.45) is 3.84. The topological polar surface area (TPSA) is 23.6 Å². The van der Waals surface area contributed by atoms with E-state index in [1.807, 2.05) is 25.1 Å². The van der Waals surface area contributed by atoms with Crippen molar-refractivity contribution >= 4 is 21.8 Å². The Hall–Kier alpha value is -0.870. The number of benzene rings is 1. The SMILES string of the molecule is Cc1ccc(C(=O)N2CC3CCCCN3CC2C)cc1Br. The van der Waals surface area contributed by atoms with E-state index in [2.05, 4.69) is 32.7 Å². The normalized spacial score (nSPS) is 26.5. The number of piperidine rings is 1. The second-order valence-electron chi connectivity index (χ2n) is 6.42. The lowest BCUT2D eigenvalue weighted by molar-refractivity contribution is 0.0151. The number of aryl methyl sites for hydroxylation is 1. The van der Waals surface area contributed by atoms with Gasteiger partial charge in [-0.05, 0) is 50.9 Å². The van der Waals surface area contributed by atoms with Crippen LogP contribution in [0.15, 0.2) is 22.7 Å². The fourth-order valence-electron chi connectivity index (χ4n) is 3.53. The van der Waals surface area contributed by atoms with E-state index in [1.165, 1.54) is 25.8 Å². The number of amides is 1. The summed E-state index contributed by atoms with van der Waals surface area (Å²) in [6.45, 7) is 7.32. The van der Waals surface area contributed by atoms with E-state index in [0.29, 0.717) is 12.1 Å². The lowest BCUT2D eigenvalue weighted by Gasteiger charge is -2.47. The zero-order chi connectivity index (χ0) is 15.0. The van der Waals surface area contributed by atoms with Crippen LogP contribution in [0.1, 0.15) is 42.1 Å². The molecule has 0 radical (unpaired) electrons. The number of hydrogen-bond donors (Lipinski definition) is 0. The Labute approximate surface area is 135 Å². The maximum atomic E-state index is 12.8. The lowest BCUT2D eigenvalue weighted by Crippen LogP contribution is -2.60. The molecule has 2 aliphatic heterocycles. The molecule has 3 rings (SSSR count). The van der Waals surface area contributed by atoms with Crippen molar-refractivity contribution in [1.82, 2.24) is 9.80 Å². The highest BCUT2D eigenvalue weighted by Crippen LogP contribution is 2.26. The van der Waals surface area contributed by atoms with E-state index in [0.717, 1.165) is 28.7 Å². The minimum absolute atomic E-state index is 0.174. The van der Waals surface area contributed by atoms with Crippen molar-refractivity contribution in [2.24, 2.45) is 0 Å². The van der Waals surface area contributed by atoms with Gasteiger partial charge < -0.3 is 4.90 Å². The molecule has 2 atom stereocenters. The Bertz CT molecular complexity index is 546. The van der Waals surface area contributed by atoms with Gasteiger partial charge >= 0.3 is 0 Å². The highest BCUT2D eigenvalue weighted by atomic mass is 79.9. The molecular formula is C17H23BrN2O. The van der Waals surface area contributed by atoms with E-state index in [-0.39, 0.29) is 5.91 Å². The standard InChI is InChI=1S/C17H23BrN2O/c1-12-6-7-14(9-16(12)18)17(21)20-11-15-5-3-4-8-19(15)10-13(20)2/h6-7,9,13,15H,3-5,8,10-11H2,1-2H3. The van der Waals surface area contributed by atoms with E-state index in [9.17, 15) is 4.79 Å². The molecule has 0 spiro atoms. The van der Waals surface area contributed by atoms with Gasteiger partial charge in [0, 0.05) is 35.2 Å². The third-order valence-electron chi connectivity index (χ3n) is 4.87. The van der Waals surface area contributed by atoms with E-state index in [4.69, 9.17) is 0 Å². The second-order valence-corrected chi connectivity index (χ2v) is 7.27. The molecule has 0 N–H and O–H groups in total. The third kappa shape index (κ3) is 3.02.